The van der Waals surface area contributed by atoms with Crippen LogP contribution in [0.25, 0.3) is 0 Å². The van der Waals surface area contributed by atoms with Crippen LogP contribution < -0.4 is 5.32 Å². The summed E-state index contributed by atoms with van der Waals surface area (Å²) in [5.41, 5.74) is 0.442. The molecule has 1 N–H and O–H groups in total. The Labute approximate surface area is 119 Å². The Morgan fingerprint density at radius 2 is 2.15 bits per heavy atom. The quantitative estimate of drug-likeness (QED) is 0.865. The van der Waals surface area contributed by atoms with Gasteiger partial charge >= 0.3 is 0 Å². The molecule has 20 heavy (non-hydrogen) atoms. The molecule has 1 aromatic carbocycles. The summed E-state index contributed by atoms with van der Waals surface area (Å²) < 4.78 is 32.8. The highest BCUT2D eigenvalue weighted by atomic mass is 19.1. The van der Waals surface area contributed by atoms with E-state index in [2.05, 4.69) is 12.2 Å². The second-order valence-electron chi connectivity index (χ2n) is 5.37. The molecule has 112 valence electrons. The predicted molar refractivity (Wildman–Crippen MR) is 75.7 cm³/mol. The first-order chi connectivity index (χ1) is 9.65. The Morgan fingerprint density at radius 1 is 1.35 bits per heavy atom. The zero-order valence-corrected chi connectivity index (χ0v) is 12.2. The topological polar surface area (TPSA) is 21.3 Å². The lowest BCUT2D eigenvalue weighted by Crippen LogP contribution is -2.41. The number of hydrogen-bond donors (Lipinski definition) is 1. The number of rotatable bonds is 6. The van der Waals surface area contributed by atoms with Crippen LogP contribution in [0.1, 0.15) is 32.3 Å². The van der Waals surface area contributed by atoms with Gasteiger partial charge in [-0.2, -0.15) is 0 Å². The molecular weight excluding hydrogens is 260 g/mol. The number of nitrogens with one attached hydrogen (secondary N) is 1. The van der Waals surface area contributed by atoms with Gasteiger partial charge in [0.05, 0.1) is 6.10 Å². The summed E-state index contributed by atoms with van der Waals surface area (Å²) in [6, 6.07) is 3.80. The molecular formula is C16H23F2NO. The summed E-state index contributed by atoms with van der Waals surface area (Å²) in [5.74, 6) is -0.352. The van der Waals surface area contributed by atoms with Crippen molar-refractivity contribution in [1.29, 1.82) is 0 Å². The zero-order valence-electron chi connectivity index (χ0n) is 12.2. The van der Waals surface area contributed by atoms with Crippen LogP contribution in [-0.2, 0) is 11.2 Å². The summed E-state index contributed by atoms with van der Waals surface area (Å²) >= 11 is 0. The fourth-order valence-electron chi connectivity index (χ4n) is 3.12. The largest absolute Gasteiger partial charge is 0.378 e. The van der Waals surface area contributed by atoms with Gasteiger partial charge < -0.3 is 10.1 Å². The van der Waals surface area contributed by atoms with Gasteiger partial charge in [0.25, 0.3) is 0 Å². The van der Waals surface area contributed by atoms with Crippen LogP contribution in [-0.4, -0.2) is 25.3 Å². The van der Waals surface area contributed by atoms with Crippen molar-refractivity contribution >= 4 is 0 Å². The Morgan fingerprint density at radius 3 is 2.85 bits per heavy atom. The summed E-state index contributed by atoms with van der Waals surface area (Å²) in [4.78, 5) is 0. The smallest absolute Gasteiger partial charge is 0.126 e. The van der Waals surface area contributed by atoms with E-state index >= 15 is 0 Å². The van der Waals surface area contributed by atoms with Crippen molar-refractivity contribution in [1.82, 2.24) is 5.32 Å². The number of likely N-dealkylation sites (N-methyl/N-ethyl adjacent to an activating group) is 1. The minimum Gasteiger partial charge on any atom is -0.378 e. The van der Waals surface area contributed by atoms with E-state index in [1.54, 1.807) is 0 Å². The lowest BCUT2D eigenvalue weighted by atomic mass is 9.87. The second-order valence-corrected chi connectivity index (χ2v) is 5.37. The summed E-state index contributed by atoms with van der Waals surface area (Å²) in [6.07, 6.45) is 2.66. The number of ether oxygens (including phenoxy) is 1. The van der Waals surface area contributed by atoms with Crippen LogP contribution in [0.4, 0.5) is 8.78 Å². The Balaban J connectivity index is 2.14. The molecule has 1 saturated heterocycles. The van der Waals surface area contributed by atoms with E-state index in [0.717, 1.165) is 32.1 Å². The second kappa shape index (κ2) is 7.14. The van der Waals surface area contributed by atoms with E-state index < -0.39 is 0 Å². The highest BCUT2D eigenvalue weighted by Crippen LogP contribution is 2.28. The third-order valence-corrected chi connectivity index (χ3v) is 4.09. The molecule has 2 nitrogen and oxygen atoms in total. The molecule has 4 heteroatoms. The van der Waals surface area contributed by atoms with Gasteiger partial charge in [-0.05, 0) is 49.6 Å². The maximum absolute atomic E-state index is 13.8. The van der Waals surface area contributed by atoms with E-state index in [0.29, 0.717) is 17.9 Å². The maximum Gasteiger partial charge on any atom is 0.126 e. The molecule has 0 aliphatic carbocycles. The minimum atomic E-state index is -0.383. The van der Waals surface area contributed by atoms with Crippen LogP contribution in [0, 0.1) is 17.6 Å². The van der Waals surface area contributed by atoms with E-state index in [1.165, 1.54) is 12.1 Å². The van der Waals surface area contributed by atoms with Crippen LogP contribution in [0.2, 0.25) is 0 Å². The molecule has 2 rings (SSSR count). The first kappa shape index (κ1) is 15.4. The molecule has 0 radical (unpaired) electrons. The normalized spacial score (nSPS) is 24.0. The number of hydrogen-bond acceptors (Lipinski definition) is 2. The van der Waals surface area contributed by atoms with Gasteiger partial charge in [0, 0.05) is 18.6 Å². The highest BCUT2D eigenvalue weighted by Gasteiger charge is 2.33. The summed E-state index contributed by atoms with van der Waals surface area (Å²) in [7, 11) is 0. The SMILES string of the molecule is CCNC(Cc1cc(F)ccc1F)C1CCOC1CC. The number of halogens is 2. The van der Waals surface area contributed by atoms with Crippen molar-refractivity contribution in [3.63, 3.8) is 0 Å². The Hall–Kier alpha value is -1.00. The zero-order chi connectivity index (χ0) is 14.5. The van der Waals surface area contributed by atoms with Crippen molar-refractivity contribution in [3.8, 4) is 0 Å². The van der Waals surface area contributed by atoms with Gasteiger partial charge in [0.15, 0.2) is 0 Å². The first-order valence-electron chi connectivity index (χ1n) is 7.44. The van der Waals surface area contributed by atoms with Gasteiger partial charge in [0.1, 0.15) is 11.6 Å². The lowest BCUT2D eigenvalue weighted by molar-refractivity contribution is 0.0775. The Kier molecular flexibility index (Phi) is 5.49. The molecule has 3 unspecified atom stereocenters. The van der Waals surface area contributed by atoms with Crippen molar-refractivity contribution < 1.29 is 13.5 Å². The third kappa shape index (κ3) is 3.55. The first-order valence-corrected chi connectivity index (χ1v) is 7.44. The Bertz CT molecular complexity index is 438. The molecule has 3 atom stereocenters. The van der Waals surface area contributed by atoms with Crippen molar-refractivity contribution in [3.05, 3.63) is 35.4 Å². The average Bonchev–Trinajstić information content (AvgIpc) is 2.90. The van der Waals surface area contributed by atoms with E-state index in [-0.39, 0.29) is 23.8 Å². The molecule has 1 aromatic rings. The monoisotopic (exact) mass is 283 g/mol. The van der Waals surface area contributed by atoms with E-state index in [4.69, 9.17) is 4.74 Å². The molecule has 1 aliphatic heterocycles. The van der Waals surface area contributed by atoms with Crippen LogP contribution in [0.15, 0.2) is 18.2 Å². The fraction of sp³-hybridized carbons (Fsp3) is 0.625. The van der Waals surface area contributed by atoms with Crippen LogP contribution in [0.3, 0.4) is 0 Å². The standard InChI is InChI=1S/C16H23F2NO/c1-3-16-13(7-8-20-16)15(19-4-2)10-11-9-12(17)5-6-14(11)18/h5-6,9,13,15-16,19H,3-4,7-8,10H2,1-2H3. The van der Waals surface area contributed by atoms with E-state index in [9.17, 15) is 8.78 Å². The van der Waals surface area contributed by atoms with Gasteiger partial charge in [-0.15, -0.1) is 0 Å². The molecule has 1 fully saturated rings. The van der Waals surface area contributed by atoms with Gasteiger partial charge in [-0.3, -0.25) is 0 Å². The summed E-state index contributed by atoms with van der Waals surface area (Å²) in [5, 5.41) is 3.41. The van der Waals surface area contributed by atoms with Crippen LogP contribution >= 0.6 is 0 Å². The predicted octanol–water partition coefficient (Wildman–Crippen LogP) is 3.30. The molecule has 1 heterocycles. The summed E-state index contributed by atoms with van der Waals surface area (Å²) in [6.45, 7) is 5.71. The van der Waals surface area contributed by atoms with Crippen molar-refractivity contribution in [2.75, 3.05) is 13.2 Å². The average molecular weight is 283 g/mol. The van der Waals surface area contributed by atoms with Crippen LogP contribution in [0.5, 0.6) is 0 Å². The fourth-order valence-corrected chi connectivity index (χ4v) is 3.12. The molecule has 0 amide bonds. The molecule has 0 spiro atoms. The highest BCUT2D eigenvalue weighted by molar-refractivity contribution is 5.20. The minimum absolute atomic E-state index is 0.128. The number of benzene rings is 1. The molecule has 0 bridgehead atoms. The molecule has 1 aliphatic rings. The van der Waals surface area contributed by atoms with Gasteiger partial charge in [-0.1, -0.05) is 13.8 Å². The maximum atomic E-state index is 13.8. The van der Waals surface area contributed by atoms with Gasteiger partial charge in [-0.25, -0.2) is 8.78 Å². The van der Waals surface area contributed by atoms with E-state index in [1.807, 2.05) is 6.92 Å². The lowest BCUT2D eigenvalue weighted by Gasteiger charge is -2.28. The molecule has 0 saturated carbocycles. The van der Waals surface area contributed by atoms with Crippen molar-refractivity contribution in [2.24, 2.45) is 5.92 Å². The van der Waals surface area contributed by atoms with Gasteiger partial charge in [0.2, 0.25) is 0 Å². The molecule has 0 aromatic heterocycles. The third-order valence-electron chi connectivity index (χ3n) is 4.09. The van der Waals surface area contributed by atoms with Crippen molar-refractivity contribution in [2.45, 2.75) is 45.3 Å².